The average Bonchev–Trinajstić information content (AvgIpc) is 2.39. The van der Waals surface area contributed by atoms with Gasteiger partial charge in [0.25, 0.3) is 0 Å². The highest BCUT2D eigenvalue weighted by molar-refractivity contribution is 7.80. The van der Waals surface area contributed by atoms with Crippen molar-refractivity contribution < 1.29 is 4.74 Å². The first-order valence-electron chi connectivity index (χ1n) is 7.63. The molecule has 0 aliphatic rings. The van der Waals surface area contributed by atoms with Crippen molar-refractivity contribution in [1.29, 1.82) is 5.41 Å². The standard InChI is InChI=1S/C14H30N4OS/c1-2-3-4-8-11-19-12-9-6-5-7-10-17-13(15)18-14(16)20/h2-12H2,1H3,(H5,15,16,17,18,20). The van der Waals surface area contributed by atoms with Crippen molar-refractivity contribution in [3.8, 4) is 0 Å². The summed E-state index contributed by atoms with van der Waals surface area (Å²) in [6, 6.07) is 0. The van der Waals surface area contributed by atoms with Gasteiger partial charge in [-0.15, -0.1) is 0 Å². The van der Waals surface area contributed by atoms with Crippen molar-refractivity contribution in [3.63, 3.8) is 0 Å². The normalized spacial score (nSPS) is 10.2. The number of nitrogens with one attached hydrogen (secondary N) is 3. The molecule has 6 heteroatoms. The van der Waals surface area contributed by atoms with Crippen LogP contribution in [0.15, 0.2) is 0 Å². The lowest BCUT2D eigenvalue weighted by atomic mass is 10.2. The van der Waals surface area contributed by atoms with Crippen LogP contribution in [0.3, 0.4) is 0 Å². The van der Waals surface area contributed by atoms with E-state index in [0.717, 1.165) is 39.0 Å². The predicted molar refractivity (Wildman–Crippen MR) is 89.1 cm³/mol. The topological polar surface area (TPSA) is 83.2 Å². The largest absolute Gasteiger partial charge is 0.381 e. The van der Waals surface area contributed by atoms with E-state index in [1.807, 2.05) is 0 Å². The zero-order chi connectivity index (χ0) is 15.1. The van der Waals surface area contributed by atoms with Crippen LogP contribution in [-0.4, -0.2) is 30.8 Å². The Bertz CT molecular complexity index is 262. The van der Waals surface area contributed by atoms with Gasteiger partial charge in [0.2, 0.25) is 0 Å². The fourth-order valence-electron chi connectivity index (χ4n) is 1.80. The Kier molecular flexibility index (Phi) is 13.9. The van der Waals surface area contributed by atoms with Crippen LogP contribution in [0.25, 0.3) is 0 Å². The number of nitrogens with two attached hydrogens (primary N) is 1. The summed E-state index contributed by atoms with van der Waals surface area (Å²) in [6.07, 6.45) is 9.55. The zero-order valence-corrected chi connectivity index (χ0v) is 13.5. The molecule has 118 valence electrons. The van der Waals surface area contributed by atoms with Gasteiger partial charge in [0, 0.05) is 19.8 Å². The zero-order valence-electron chi connectivity index (χ0n) is 12.7. The molecule has 0 aromatic carbocycles. The van der Waals surface area contributed by atoms with Gasteiger partial charge in [-0.2, -0.15) is 0 Å². The van der Waals surface area contributed by atoms with Gasteiger partial charge in [-0.3, -0.25) is 5.41 Å². The van der Waals surface area contributed by atoms with Crippen molar-refractivity contribution in [2.45, 2.75) is 58.3 Å². The van der Waals surface area contributed by atoms with Gasteiger partial charge in [0.15, 0.2) is 11.1 Å². The first-order valence-corrected chi connectivity index (χ1v) is 8.04. The Labute approximate surface area is 128 Å². The van der Waals surface area contributed by atoms with Crippen LogP contribution >= 0.6 is 12.2 Å². The molecule has 0 fully saturated rings. The molecular formula is C14H30N4OS. The molecule has 5 N–H and O–H groups in total. The number of rotatable bonds is 12. The fraction of sp³-hybridized carbons (Fsp3) is 0.857. The molecule has 0 saturated carbocycles. The van der Waals surface area contributed by atoms with Crippen molar-refractivity contribution in [1.82, 2.24) is 10.6 Å². The molecule has 0 amide bonds. The number of unbranched alkanes of at least 4 members (excludes halogenated alkanes) is 6. The lowest BCUT2D eigenvalue weighted by Gasteiger charge is -2.08. The van der Waals surface area contributed by atoms with Crippen LogP contribution in [0.2, 0.25) is 0 Å². The summed E-state index contributed by atoms with van der Waals surface area (Å²) < 4.78 is 5.58. The molecule has 0 aliphatic carbocycles. The molecule has 0 heterocycles. The highest BCUT2D eigenvalue weighted by atomic mass is 32.1. The Balaban J connectivity index is 3.09. The van der Waals surface area contributed by atoms with Crippen LogP contribution < -0.4 is 16.4 Å². The average molecular weight is 302 g/mol. The van der Waals surface area contributed by atoms with Crippen LogP contribution in [0.4, 0.5) is 0 Å². The molecule has 0 aliphatic heterocycles. The van der Waals surface area contributed by atoms with Crippen LogP contribution in [0.5, 0.6) is 0 Å². The van der Waals surface area contributed by atoms with E-state index in [2.05, 4.69) is 29.8 Å². The number of hydrogen-bond donors (Lipinski definition) is 4. The minimum atomic E-state index is 0.124. The molecule has 0 rings (SSSR count). The molecule has 0 radical (unpaired) electrons. The number of guanidine groups is 1. The molecule has 0 bridgehead atoms. The minimum Gasteiger partial charge on any atom is -0.381 e. The third-order valence-electron chi connectivity index (χ3n) is 2.91. The third kappa shape index (κ3) is 15.2. The van der Waals surface area contributed by atoms with Crippen LogP contribution in [0, 0.1) is 5.41 Å². The summed E-state index contributed by atoms with van der Waals surface area (Å²) in [6.45, 7) is 4.77. The van der Waals surface area contributed by atoms with Gasteiger partial charge in [-0.25, -0.2) is 0 Å². The molecule has 5 nitrogen and oxygen atoms in total. The number of hydrogen-bond acceptors (Lipinski definition) is 3. The maximum Gasteiger partial charge on any atom is 0.194 e. The van der Waals surface area contributed by atoms with Gasteiger partial charge in [0.1, 0.15) is 0 Å². The van der Waals surface area contributed by atoms with Crippen molar-refractivity contribution in [2.24, 2.45) is 5.73 Å². The summed E-state index contributed by atoms with van der Waals surface area (Å²) in [5.41, 5.74) is 5.26. The van der Waals surface area contributed by atoms with E-state index < -0.39 is 0 Å². The SMILES string of the molecule is CCCCCCOCCCCCCNC(=N)NC(N)=S. The maximum absolute atomic E-state index is 7.45. The molecular weight excluding hydrogens is 272 g/mol. The Hall–Kier alpha value is -0.880. The smallest absolute Gasteiger partial charge is 0.194 e. The Morgan fingerprint density at radius 1 is 1.05 bits per heavy atom. The fourth-order valence-corrected chi connectivity index (χ4v) is 1.90. The van der Waals surface area contributed by atoms with E-state index in [9.17, 15) is 0 Å². The molecule has 0 atom stereocenters. The Morgan fingerprint density at radius 2 is 1.65 bits per heavy atom. The summed E-state index contributed by atoms with van der Waals surface area (Å²) in [5, 5.41) is 13.0. The summed E-state index contributed by atoms with van der Waals surface area (Å²) in [4.78, 5) is 0. The number of thiocarbonyl (C=S) groups is 1. The quantitative estimate of drug-likeness (QED) is 0.193. The van der Waals surface area contributed by atoms with E-state index in [0.29, 0.717) is 0 Å². The van der Waals surface area contributed by atoms with Gasteiger partial charge in [0.05, 0.1) is 0 Å². The second-order valence-electron chi connectivity index (χ2n) is 4.88. The second kappa shape index (κ2) is 14.5. The molecule has 0 aromatic heterocycles. The summed E-state index contributed by atoms with van der Waals surface area (Å²) in [5.74, 6) is 0.174. The van der Waals surface area contributed by atoms with E-state index in [-0.39, 0.29) is 11.1 Å². The van der Waals surface area contributed by atoms with E-state index in [4.69, 9.17) is 15.9 Å². The number of ether oxygens (including phenoxy) is 1. The first-order chi connectivity index (χ1) is 9.66. The molecule has 20 heavy (non-hydrogen) atoms. The lowest BCUT2D eigenvalue weighted by molar-refractivity contribution is 0.126. The van der Waals surface area contributed by atoms with Gasteiger partial charge < -0.3 is 21.1 Å². The second-order valence-corrected chi connectivity index (χ2v) is 5.32. The Morgan fingerprint density at radius 3 is 2.25 bits per heavy atom. The van der Waals surface area contributed by atoms with E-state index in [1.54, 1.807) is 0 Å². The monoisotopic (exact) mass is 302 g/mol. The molecule has 0 unspecified atom stereocenters. The van der Waals surface area contributed by atoms with Gasteiger partial charge >= 0.3 is 0 Å². The minimum absolute atomic E-state index is 0.124. The summed E-state index contributed by atoms with van der Waals surface area (Å²) in [7, 11) is 0. The highest BCUT2D eigenvalue weighted by Gasteiger charge is 1.96. The first kappa shape index (κ1) is 19.1. The summed E-state index contributed by atoms with van der Waals surface area (Å²) >= 11 is 4.64. The van der Waals surface area contributed by atoms with Crippen molar-refractivity contribution >= 4 is 23.3 Å². The molecule has 0 aromatic rings. The van der Waals surface area contributed by atoms with Crippen molar-refractivity contribution in [3.05, 3.63) is 0 Å². The van der Waals surface area contributed by atoms with Gasteiger partial charge in [-0.1, -0.05) is 39.0 Å². The lowest BCUT2D eigenvalue weighted by Crippen LogP contribution is -2.42. The van der Waals surface area contributed by atoms with Gasteiger partial charge in [-0.05, 0) is 31.5 Å². The van der Waals surface area contributed by atoms with E-state index >= 15 is 0 Å². The maximum atomic E-state index is 7.45. The molecule has 0 saturated heterocycles. The third-order valence-corrected chi connectivity index (χ3v) is 3.01. The van der Waals surface area contributed by atoms with Crippen LogP contribution in [0.1, 0.15) is 58.3 Å². The predicted octanol–water partition coefficient (Wildman–Crippen LogP) is 2.50. The van der Waals surface area contributed by atoms with E-state index in [1.165, 1.54) is 32.1 Å². The van der Waals surface area contributed by atoms with Crippen LogP contribution in [-0.2, 0) is 4.74 Å². The van der Waals surface area contributed by atoms with Crippen molar-refractivity contribution in [2.75, 3.05) is 19.8 Å². The molecule has 0 spiro atoms. The highest BCUT2D eigenvalue weighted by Crippen LogP contribution is 2.02.